The van der Waals surface area contributed by atoms with E-state index in [2.05, 4.69) is 23.2 Å². The van der Waals surface area contributed by atoms with Gasteiger partial charge in [-0.2, -0.15) is 0 Å². The van der Waals surface area contributed by atoms with E-state index in [1.54, 1.807) is 37.5 Å². The van der Waals surface area contributed by atoms with Crippen molar-refractivity contribution in [2.24, 2.45) is 0 Å². The number of amides is 2. The number of hydrogen-bond acceptors (Lipinski definition) is 5. The smallest absolute Gasteiger partial charge is 0.270 e. The van der Waals surface area contributed by atoms with E-state index in [1.807, 2.05) is 12.1 Å². The summed E-state index contributed by atoms with van der Waals surface area (Å²) in [7, 11) is 1.57. The van der Waals surface area contributed by atoms with Crippen molar-refractivity contribution in [2.45, 2.75) is 19.8 Å². The van der Waals surface area contributed by atoms with Gasteiger partial charge in [0.05, 0.1) is 12.8 Å². The number of hydrogen-bond donors (Lipinski definition) is 1. The van der Waals surface area contributed by atoms with Gasteiger partial charge in [0.1, 0.15) is 11.3 Å². The van der Waals surface area contributed by atoms with E-state index in [0.717, 1.165) is 24.2 Å². The molecule has 0 radical (unpaired) electrons. The van der Waals surface area contributed by atoms with Crippen molar-refractivity contribution in [1.29, 1.82) is 0 Å². The third-order valence-corrected chi connectivity index (χ3v) is 5.70. The molecule has 2 amide bonds. The normalized spacial score (nSPS) is 18.2. The second-order valence-corrected chi connectivity index (χ2v) is 7.78. The molecule has 2 aliphatic rings. The Hall–Kier alpha value is -3.19. The number of aryl methyl sites for hydroxylation is 1. The largest absolute Gasteiger partial charge is 0.497 e. The molecule has 2 saturated heterocycles. The maximum Gasteiger partial charge on any atom is 0.270 e. The Labute approximate surface area is 181 Å². The molecule has 2 aliphatic heterocycles. The van der Waals surface area contributed by atoms with Crippen LogP contribution in [-0.2, 0) is 9.59 Å². The minimum Gasteiger partial charge on any atom is -0.497 e. The number of nitrogens with zero attached hydrogens (tertiary/aromatic N) is 2. The third kappa shape index (κ3) is 3.80. The summed E-state index contributed by atoms with van der Waals surface area (Å²) in [6.07, 6.45) is 4.04. The number of anilines is 2. The Bertz CT molecular complexity index is 1040. The van der Waals surface area contributed by atoms with Crippen molar-refractivity contribution in [3.63, 3.8) is 0 Å². The summed E-state index contributed by atoms with van der Waals surface area (Å²) in [5, 5.41) is 2.68. The minimum atomic E-state index is -0.490. The summed E-state index contributed by atoms with van der Waals surface area (Å²) in [6, 6.07) is 13.0. The predicted molar refractivity (Wildman–Crippen MR) is 122 cm³/mol. The fraction of sp³-hybridized carbons (Fsp3) is 0.261. The number of carbonyl (C=O) groups excluding carboxylic acids is 2. The molecule has 0 aliphatic carbocycles. The number of carbonyl (C=O) groups is 2. The Kier molecular flexibility index (Phi) is 5.55. The van der Waals surface area contributed by atoms with Gasteiger partial charge >= 0.3 is 0 Å². The van der Waals surface area contributed by atoms with Crippen LogP contribution in [0, 0.1) is 6.92 Å². The van der Waals surface area contributed by atoms with Crippen LogP contribution < -0.4 is 19.9 Å². The molecule has 6 nitrogen and oxygen atoms in total. The molecule has 0 aromatic heterocycles. The number of nitrogens with one attached hydrogen (secondary N) is 1. The zero-order chi connectivity index (χ0) is 21.3. The van der Waals surface area contributed by atoms with Crippen molar-refractivity contribution in [3.8, 4) is 5.75 Å². The summed E-state index contributed by atoms with van der Waals surface area (Å²) < 4.78 is 5.16. The highest BCUT2D eigenvalue weighted by molar-refractivity contribution is 7.80. The van der Waals surface area contributed by atoms with Gasteiger partial charge < -0.3 is 9.64 Å². The highest BCUT2D eigenvalue weighted by atomic mass is 32.1. The van der Waals surface area contributed by atoms with Gasteiger partial charge in [0, 0.05) is 18.8 Å². The van der Waals surface area contributed by atoms with E-state index < -0.39 is 11.8 Å². The molecule has 2 aromatic rings. The lowest BCUT2D eigenvalue weighted by atomic mass is 10.0. The monoisotopic (exact) mass is 421 g/mol. The van der Waals surface area contributed by atoms with Gasteiger partial charge in [0.25, 0.3) is 11.8 Å². The average molecular weight is 422 g/mol. The lowest BCUT2D eigenvalue weighted by Gasteiger charge is -2.29. The Morgan fingerprint density at radius 3 is 2.40 bits per heavy atom. The molecule has 2 heterocycles. The molecular formula is C23H23N3O3S. The SMILES string of the molecule is COc1ccc(N2C(=O)/C(=C/c3ccc(N4CCCC4)c(C)c3)C(=O)NC2=S)cc1. The maximum absolute atomic E-state index is 13.1. The third-order valence-electron chi connectivity index (χ3n) is 5.41. The molecule has 1 N–H and O–H groups in total. The van der Waals surface area contributed by atoms with Crippen LogP contribution in [0.2, 0.25) is 0 Å². The van der Waals surface area contributed by atoms with Gasteiger partial charge in [0.2, 0.25) is 0 Å². The summed E-state index contributed by atoms with van der Waals surface area (Å²) in [4.78, 5) is 29.3. The van der Waals surface area contributed by atoms with Crippen LogP contribution in [0.4, 0.5) is 11.4 Å². The summed E-state index contributed by atoms with van der Waals surface area (Å²) in [5.74, 6) is -0.270. The van der Waals surface area contributed by atoms with Crippen LogP contribution in [0.25, 0.3) is 6.08 Å². The van der Waals surface area contributed by atoms with E-state index in [0.29, 0.717) is 11.4 Å². The molecule has 0 spiro atoms. The molecule has 30 heavy (non-hydrogen) atoms. The highest BCUT2D eigenvalue weighted by Gasteiger charge is 2.34. The number of rotatable bonds is 4. The van der Waals surface area contributed by atoms with Crippen molar-refractivity contribution >= 4 is 46.6 Å². The first-order valence-corrected chi connectivity index (χ1v) is 10.3. The first-order valence-electron chi connectivity index (χ1n) is 9.89. The average Bonchev–Trinajstić information content (AvgIpc) is 3.26. The minimum absolute atomic E-state index is 0.0488. The molecule has 0 atom stereocenters. The number of thiocarbonyl (C=S) groups is 1. The van der Waals surface area contributed by atoms with Crippen molar-refractivity contribution in [3.05, 3.63) is 59.2 Å². The lowest BCUT2D eigenvalue weighted by Crippen LogP contribution is -2.54. The van der Waals surface area contributed by atoms with Crippen LogP contribution in [0.5, 0.6) is 5.75 Å². The molecule has 4 rings (SSSR count). The maximum atomic E-state index is 13.1. The fourth-order valence-corrected chi connectivity index (χ4v) is 4.15. The van der Waals surface area contributed by atoms with E-state index in [-0.39, 0.29) is 10.7 Å². The highest BCUT2D eigenvalue weighted by Crippen LogP contribution is 2.27. The summed E-state index contributed by atoms with van der Waals surface area (Å²) >= 11 is 5.25. The first-order chi connectivity index (χ1) is 14.5. The predicted octanol–water partition coefficient (Wildman–Crippen LogP) is 3.44. The lowest BCUT2D eigenvalue weighted by molar-refractivity contribution is -0.122. The Morgan fingerprint density at radius 1 is 1.07 bits per heavy atom. The van der Waals surface area contributed by atoms with E-state index in [9.17, 15) is 9.59 Å². The van der Waals surface area contributed by atoms with Crippen LogP contribution in [0.1, 0.15) is 24.0 Å². The standard InChI is InChI=1S/C23H23N3O3S/c1-15-13-16(5-10-20(15)25-11-3-4-12-25)14-19-21(27)24-23(30)26(22(19)28)17-6-8-18(29-2)9-7-17/h5-10,13-14H,3-4,11-12H2,1-2H3,(H,24,27,30)/b19-14+. The molecule has 2 fully saturated rings. The Balaban J connectivity index is 1.64. The van der Waals surface area contributed by atoms with Crippen LogP contribution in [-0.4, -0.2) is 37.1 Å². The molecule has 2 aromatic carbocycles. The van der Waals surface area contributed by atoms with E-state index >= 15 is 0 Å². The van der Waals surface area contributed by atoms with Gasteiger partial charge in [-0.15, -0.1) is 0 Å². The number of ether oxygens (including phenoxy) is 1. The molecule has 0 saturated carbocycles. The van der Waals surface area contributed by atoms with Gasteiger partial charge in [0.15, 0.2) is 5.11 Å². The van der Waals surface area contributed by atoms with Crippen LogP contribution >= 0.6 is 12.2 Å². The van der Waals surface area contributed by atoms with Crippen molar-refractivity contribution < 1.29 is 14.3 Å². The van der Waals surface area contributed by atoms with Crippen molar-refractivity contribution in [1.82, 2.24) is 5.32 Å². The Morgan fingerprint density at radius 2 is 1.77 bits per heavy atom. The van der Waals surface area contributed by atoms with Gasteiger partial charge in [-0.25, -0.2) is 0 Å². The summed E-state index contributed by atoms with van der Waals surface area (Å²) in [6.45, 7) is 4.18. The number of methoxy groups -OCH3 is 1. The van der Waals surface area contributed by atoms with Gasteiger partial charge in [-0.3, -0.25) is 19.8 Å². The molecule has 7 heteroatoms. The second kappa shape index (κ2) is 8.28. The van der Waals surface area contributed by atoms with Crippen LogP contribution in [0.15, 0.2) is 48.0 Å². The zero-order valence-corrected chi connectivity index (χ0v) is 17.8. The second-order valence-electron chi connectivity index (χ2n) is 7.40. The fourth-order valence-electron chi connectivity index (χ4n) is 3.87. The topological polar surface area (TPSA) is 61.9 Å². The number of benzene rings is 2. The van der Waals surface area contributed by atoms with Gasteiger partial charge in [-0.05, 0) is 85.6 Å². The van der Waals surface area contributed by atoms with Crippen molar-refractivity contribution in [2.75, 3.05) is 30.0 Å². The van der Waals surface area contributed by atoms with E-state index in [4.69, 9.17) is 17.0 Å². The molecule has 0 unspecified atom stereocenters. The molecule has 0 bridgehead atoms. The first kappa shape index (κ1) is 20.1. The molecular weight excluding hydrogens is 398 g/mol. The van der Waals surface area contributed by atoms with E-state index in [1.165, 1.54) is 23.4 Å². The zero-order valence-electron chi connectivity index (χ0n) is 17.0. The summed E-state index contributed by atoms with van der Waals surface area (Å²) in [5.41, 5.74) is 3.74. The quantitative estimate of drug-likeness (QED) is 0.466. The van der Waals surface area contributed by atoms with Gasteiger partial charge in [-0.1, -0.05) is 6.07 Å². The molecule has 154 valence electrons. The van der Waals surface area contributed by atoms with Crippen LogP contribution in [0.3, 0.4) is 0 Å².